The number of urea groups is 1. The molecule has 0 saturated carbocycles. The van der Waals surface area contributed by atoms with Gasteiger partial charge in [-0.1, -0.05) is 12.5 Å². The zero-order valence-electron chi connectivity index (χ0n) is 15.0. The van der Waals surface area contributed by atoms with E-state index in [4.69, 9.17) is 0 Å². The van der Waals surface area contributed by atoms with Gasteiger partial charge in [0.2, 0.25) is 0 Å². The van der Waals surface area contributed by atoms with Crippen LogP contribution in [0.15, 0.2) is 17.5 Å². The number of thiophene rings is 1. The van der Waals surface area contributed by atoms with Crippen LogP contribution in [0.4, 0.5) is 4.79 Å². The van der Waals surface area contributed by atoms with Crippen LogP contribution in [0.25, 0.3) is 0 Å². The van der Waals surface area contributed by atoms with Crippen LogP contribution < -0.4 is 5.32 Å². The van der Waals surface area contributed by atoms with Gasteiger partial charge in [-0.3, -0.25) is 0 Å². The Morgan fingerprint density at radius 1 is 1.32 bits per heavy atom. The van der Waals surface area contributed by atoms with Gasteiger partial charge in [-0.15, -0.1) is 11.3 Å². The number of amides is 2. The van der Waals surface area contributed by atoms with Gasteiger partial charge in [0, 0.05) is 24.0 Å². The predicted molar refractivity (Wildman–Crippen MR) is 102 cm³/mol. The molecule has 1 unspecified atom stereocenters. The molecule has 0 spiro atoms. The smallest absolute Gasteiger partial charge is 0.317 e. The van der Waals surface area contributed by atoms with E-state index in [0.29, 0.717) is 13.1 Å². The number of carbonyl (C=O) groups is 1. The van der Waals surface area contributed by atoms with Crippen molar-refractivity contribution in [3.05, 3.63) is 22.4 Å². The molecule has 2 saturated heterocycles. The van der Waals surface area contributed by atoms with Crippen molar-refractivity contribution < 1.29 is 9.90 Å². The Morgan fingerprint density at radius 2 is 2.20 bits per heavy atom. The van der Waals surface area contributed by atoms with E-state index in [1.54, 1.807) is 16.2 Å². The fourth-order valence-electron chi connectivity index (χ4n) is 4.35. The number of fused-ring (bicyclic) bond motifs is 1. The van der Waals surface area contributed by atoms with Crippen LogP contribution in [-0.2, 0) is 6.54 Å². The minimum Gasteiger partial charge on any atom is -0.395 e. The largest absolute Gasteiger partial charge is 0.395 e. The van der Waals surface area contributed by atoms with Gasteiger partial charge in [-0.25, -0.2) is 4.79 Å². The molecule has 2 aliphatic heterocycles. The zero-order chi connectivity index (χ0) is 17.5. The number of aliphatic hydroxyl groups is 1. The second-order valence-electron chi connectivity index (χ2n) is 7.25. The minimum atomic E-state index is -0.0567. The van der Waals surface area contributed by atoms with Crippen molar-refractivity contribution in [2.45, 2.75) is 51.1 Å². The Labute approximate surface area is 155 Å². The molecule has 25 heavy (non-hydrogen) atoms. The number of hydrogen-bond acceptors (Lipinski definition) is 4. The molecular weight excluding hydrogens is 334 g/mol. The van der Waals surface area contributed by atoms with Gasteiger partial charge in [0.15, 0.2) is 0 Å². The first-order valence-corrected chi connectivity index (χ1v) is 10.6. The molecule has 1 aromatic heterocycles. The number of piperidine rings is 2. The molecule has 0 aromatic carbocycles. The first-order valence-electron chi connectivity index (χ1n) is 9.68. The molecule has 6 heteroatoms. The van der Waals surface area contributed by atoms with Crippen molar-refractivity contribution in [3.63, 3.8) is 0 Å². The summed E-state index contributed by atoms with van der Waals surface area (Å²) in [4.78, 5) is 18.0. The van der Waals surface area contributed by atoms with Gasteiger partial charge in [0.1, 0.15) is 0 Å². The number of nitrogens with one attached hydrogen (secondary N) is 1. The molecule has 2 atom stereocenters. The number of hydrogen-bond donors (Lipinski definition) is 2. The van der Waals surface area contributed by atoms with E-state index in [1.807, 2.05) is 17.5 Å². The number of rotatable bonds is 7. The lowest BCUT2D eigenvalue weighted by molar-refractivity contribution is 0.0559. The summed E-state index contributed by atoms with van der Waals surface area (Å²) in [5.74, 6) is 0.720. The second-order valence-corrected chi connectivity index (χ2v) is 8.28. The van der Waals surface area contributed by atoms with Crippen molar-refractivity contribution in [3.8, 4) is 0 Å². The van der Waals surface area contributed by atoms with Crippen LogP contribution in [0.3, 0.4) is 0 Å². The van der Waals surface area contributed by atoms with Crippen LogP contribution in [0.5, 0.6) is 0 Å². The molecular formula is C19H31N3O2S. The average molecular weight is 366 g/mol. The van der Waals surface area contributed by atoms with Crippen molar-refractivity contribution in [2.24, 2.45) is 5.92 Å². The Hall–Kier alpha value is -1.11. The highest BCUT2D eigenvalue weighted by Crippen LogP contribution is 2.32. The lowest BCUT2D eigenvalue weighted by Crippen LogP contribution is -2.49. The van der Waals surface area contributed by atoms with Gasteiger partial charge >= 0.3 is 6.03 Å². The monoisotopic (exact) mass is 365 g/mol. The minimum absolute atomic E-state index is 0.00153. The number of aliphatic hydroxyl groups excluding tert-OH is 1. The standard InChI is InChI=1S/C19H31N3O2S/c23-13-12-22(15-17-6-4-14-25-17)19(24)20-9-8-16-5-3-11-21-10-2-1-7-18(16)21/h4,6,14,16,18,23H,1-3,5,7-13,15H2,(H,20,24)/t16?,18-/m0/s1. The fourth-order valence-corrected chi connectivity index (χ4v) is 5.07. The maximum atomic E-state index is 12.5. The van der Waals surface area contributed by atoms with E-state index in [1.165, 1.54) is 45.2 Å². The third-order valence-electron chi connectivity index (χ3n) is 5.60. The molecule has 5 nitrogen and oxygen atoms in total. The van der Waals surface area contributed by atoms with Crippen molar-refractivity contribution in [1.29, 1.82) is 0 Å². The van der Waals surface area contributed by atoms with Gasteiger partial charge in [-0.05, 0) is 62.6 Å². The van der Waals surface area contributed by atoms with E-state index in [0.717, 1.165) is 29.8 Å². The molecule has 2 amide bonds. The maximum Gasteiger partial charge on any atom is 0.317 e. The van der Waals surface area contributed by atoms with Gasteiger partial charge in [0.25, 0.3) is 0 Å². The summed E-state index contributed by atoms with van der Waals surface area (Å²) >= 11 is 1.64. The van der Waals surface area contributed by atoms with Crippen LogP contribution >= 0.6 is 11.3 Å². The highest BCUT2D eigenvalue weighted by molar-refractivity contribution is 7.09. The molecule has 1 aromatic rings. The molecule has 2 N–H and O–H groups in total. The van der Waals surface area contributed by atoms with Crippen molar-refractivity contribution in [1.82, 2.24) is 15.1 Å². The lowest BCUT2D eigenvalue weighted by atomic mass is 9.82. The summed E-state index contributed by atoms with van der Waals surface area (Å²) in [6.07, 6.45) is 7.69. The van der Waals surface area contributed by atoms with Crippen LogP contribution in [0.1, 0.15) is 43.4 Å². The predicted octanol–water partition coefficient (Wildman–Crippen LogP) is 2.91. The molecule has 0 radical (unpaired) electrons. The molecule has 3 heterocycles. The van der Waals surface area contributed by atoms with Crippen LogP contribution in [0.2, 0.25) is 0 Å². The normalized spacial score (nSPS) is 23.9. The van der Waals surface area contributed by atoms with E-state index in [9.17, 15) is 9.90 Å². The third-order valence-corrected chi connectivity index (χ3v) is 6.47. The first-order chi connectivity index (χ1) is 12.3. The summed E-state index contributed by atoms with van der Waals surface area (Å²) in [5.41, 5.74) is 0. The van der Waals surface area contributed by atoms with E-state index in [-0.39, 0.29) is 12.6 Å². The Morgan fingerprint density at radius 3 is 3.00 bits per heavy atom. The highest BCUT2D eigenvalue weighted by atomic mass is 32.1. The summed E-state index contributed by atoms with van der Waals surface area (Å²) < 4.78 is 0. The second kappa shape index (κ2) is 9.55. The molecule has 0 bridgehead atoms. The van der Waals surface area contributed by atoms with Gasteiger partial charge < -0.3 is 20.2 Å². The molecule has 2 aliphatic rings. The Balaban J connectivity index is 1.45. The molecule has 0 aliphatic carbocycles. The fraction of sp³-hybridized carbons (Fsp3) is 0.737. The summed E-state index contributed by atoms with van der Waals surface area (Å²) in [7, 11) is 0. The summed E-state index contributed by atoms with van der Waals surface area (Å²) in [6, 6.07) is 4.70. The molecule has 3 rings (SSSR count). The first kappa shape index (κ1) is 18.7. The van der Waals surface area contributed by atoms with Gasteiger partial charge in [0.05, 0.1) is 13.2 Å². The Bertz CT molecular complexity index is 521. The third kappa shape index (κ3) is 5.19. The number of carbonyl (C=O) groups excluding carboxylic acids is 1. The van der Waals surface area contributed by atoms with Crippen molar-refractivity contribution >= 4 is 17.4 Å². The summed E-state index contributed by atoms with van der Waals surface area (Å²) in [6.45, 7) is 4.21. The maximum absolute atomic E-state index is 12.5. The van der Waals surface area contributed by atoms with Crippen molar-refractivity contribution in [2.75, 3.05) is 32.8 Å². The Kier molecular flexibility index (Phi) is 7.13. The average Bonchev–Trinajstić information content (AvgIpc) is 3.14. The SMILES string of the molecule is O=C(NCCC1CCCN2CCCC[C@@H]12)N(CCO)Cc1cccs1. The zero-order valence-corrected chi connectivity index (χ0v) is 15.8. The van der Waals surface area contributed by atoms with Crippen LogP contribution in [0, 0.1) is 5.92 Å². The van der Waals surface area contributed by atoms with E-state index >= 15 is 0 Å². The highest BCUT2D eigenvalue weighted by Gasteiger charge is 2.32. The lowest BCUT2D eigenvalue weighted by Gasteiger charge is -2.44. The summed E-state index contributed by atoms with van der Waals surface area (Å²) in [5, 5.41) is 14.4. The molecule has 2 fully saturated rings. The topological polar surface area (TPSA) is 55.8 Å². The van der Waals surface area contributed by atoms with E-state index in [2.05, 4.69) is 10.2 Å². The van der Waals surface area contributed by atoms with Crippen LogP contribution in [-0.4, -0.2) is 59.8 Å². The number of nitrogens with zero attached hydrogens (tertiary/aromatic N) is 2. The van der Waals surface area contributed by atoms with E-state index < -0.39 is 0 Å². The molecule has 140 valence electrons. The van der Waals surface area contributed by atoms with Gasteiger partial charge in [-0.2, -0.15) is 0 Å². The quantitative estimate of drug-likeness (QED) is 0.781.